The molecule has 0 radical (unpaired) electrons. The van der Waals surface area contributed by atoms with Crippen molar-refractivity contribution in [1.82, 2.24) is 0 Å². The van der Waals surface area contributed by atoms with Crippen molar-refractivity contribution in [3.63, 3.8) is 0 Å². The Morgan fingerprint density at radius 2 is 1.22 bits per heavy atom. The summed E-state index contributed by atoms with van der Waals surface area (Å²) >= 11 is 1.95. The summed E-state index contributed by atoms with van der Waals surface area (Å²) in [5, 5.41) is 20.7. The molecule has 13 rings (SSSR count). The van der Waals surface area contributed by atoms with Gasteiger partial charge in [0.2, 0.25) is 0 Å². The second-order valence-electron chi connectivity index (χ2n) is 16.2. The summed E-state index contributed by atoms with van der Waals surface area (Å²) in [6, 6.07) is 51.9. The Morgan fingerprint density at radius 1 is 0.552 bits per heavy atom. The lowest BCUT2D eigenvalue weighted by Gasteiger charge is -2.35. The first-order valence-corrected chi connectivity index (χ1v) is 21.3. The zero-order valence-electron chi connectivity index (χ0n) is 31.8. The van der Waals surface area contributed by atoms with E-state index >= 15 is 0 Å². The van der Waals surface area contributed by atoms with E-state index in [0.717, 1.165) is 35.8 Å². The van der Waals surface area contributed by atoms with Crippen molar-refractivity contribution in [3.05, 3.63) is 197 Å². The number of allylic oxidation sites excluding steroid dienone is 4. The van der Waals surface area contributed by atoms with Crippen LogP contribution in [0.2, 0.25) is 0 Å². The van der Waals surface area contributed by atoms with Gasteiger partial charge >= 0.3 is 0 Å². The van der Waals surface area contributed by atoms with Crippen LogP contribution < -0.4 is 10.4 Å². The molecule has 58 heavy (non-hydrogen) atoms. The number of hydrogen-bond donors (Lipinski definition) is 0. The molecule has 0 spiro atoms. The Morgan fingerprint density at radius 3 is 2.05 bits per heavy atom. The fourth-order valence-corrected chi connectivity index (χ4v) is 11.9. The molecule has 272 valence electrons. The van der Waals surface area contributed by atoms with E-state index in [0.29, 0.717) is 0 Å². The number of aryl methyl sites for hydroxylation is 1. The molecule has 1 aliphatic heterocycles. The predicted molar refractivity (Wildman–Crippen MR) is 250 cm³/mol. The third kappa shape index (κ3) is 4.55. The van der Waals surface area contributed by atoms with Gasteiger partial charge in [-0.1, -0.05) is 146 Å². The lowest BCUT2D eigenvalue weighted by Crippen LogP contribution is -2.41. The van der Waals surface area contributed by atoms with Gasteiger partial charge in [-0.15, -0.1) is 11.8 Å². The van der Waals surface area contributed by atoms with Gasteiger partial charge in [0, 0.05) is 10.8 Å². The topological polar surface area (TPSA) is 13.1 Å². The van der Waals surface area contributed by atoms with Gasteiger partial charge in [0.15, 0.2) is 0 Å². The normalized spacial score (nSPS) is 17.1. The fourth-order valence-electron chi connectivity index (χ4n) is 10.6. The molecule has 1 atom stereocenters. The van der Waals surface area contributed by atoms with Crippen LogP contribution >= 0.6 is 11.8 Å². The summed E-state index contributed by atoms with van der Waals surface area (Å²) in [5.41, 5.74) is 9.86. The first-order valence-electron chi connectivity index (χ1n) is 20.4. The Kier molecular flexibility index (Phi) is 6.83. The number of fused-ring (bicyclic) bond motifs is 18. The molecule has 10 aromatic rings. The Balaban J connectivity index is 0.989. The number of thioether (sulfide) groups is 1. The summed E-state index contributed by atoms with van der Waals surface area (Å²) in [6.07, 6.45) is 16.9. The largest absolute Gasteiger partial charge is 0.456 e. The second kappa shape index (κ2) is 12.2. The predicted octanol–water partition coefficient (Wildman–Crippen LogP) is 13.7. The monoisotopic (exact) mass is 756 g/mol. The first kappa shape index (κ1) is 32.5. The number of hydrogen-bond acceptors (Lipinski definition) is 2. The van der Waals surface area contributed by atoms with Gasteiger partial charge in [0.25, 0.3) is 0 Å². The van der Waals surface area contributed by atoms with Crippen molar-refractivity contribution in [2.24, 2.45) is 0 Å². The van der Waals surface area contributed by atoms with E-state index in [-0.39, 0.29) is 4.75 Å². The standard InChI is InChI=1S/C56H36OS/c1-3-17-40-36(13-1)38-15-5-8-20-43(38)54-44-21-9-7-19-42(44)46(31-49(40)54)35-25-27-53-48(30-35)47-29-34(24-26-52(47)57-53)32-56-28-12-11-23-51(56)55-45-22-10-6-16-39(45)37-14-2-4-18-41(37)50(55)33-58-56/h1-7,9-19,21-31,33H,8,20,32H2. The number of rotatable bonds is 3. The third-order valence-corrected chi connectivity index (χ3v) is 14.4. The van der Waals surface area contributed by atoms with Crippen LogP contribution in [0.4, 0.5) is 0 Å². The highest BCUT2D eigenvalue weighted by Gasteiger charge is 2.35. The van der Waals surface area contributed by atoms with E-state index < -0.39 is 0 Å². The Bertz CT molecular complexity index is 3690. The fraction of sp³-hybridized carbons (Fsp3) is 0.0714. The zero-order valence-corrected chi connectivity index (χ0v) is 32.6. The van der Waals surface area contributed by atoms with Gasteiger partial charge < -0.3 is 4.42 Å². The lowest BCUT2D eigenvalue weighted by atomic mass is 9.83. The van der Waals surface area contributed by atoms with Crippen LogP contribution in [0.15, 0.2) is 174 Å². The molecule has 0 amide bonds. The highest BCUT2D eigenvalue weighted by molar-refractivity contribution is 8.08. The van der Waals surface area contributed by atoms with Crippen LogP contribution in [0.5, 0.6) is 0 Å². The second-order valence-corrected chi connectivity index (χ2v) is 17.4. The van der Waals surface area contributed by atoms with Crippen LogP contribution in [0.3, 0.4) is 0 Å². The van der Waals surface area contributed by atoms with Gasteiger partial charge in [0.1, 0.15) is 11.2 Å². The van der Waals surface area contributed by atoms with Gasteiger partial charge in [0.05, 0.1) is 4.75 Å². The molecular weight excluding hydrogens is 721 g/mol. The van der Waals surface area contributed by atoms with Crippen molar-refractivity contribution in [3.8, 4) is 11.1 Å². The first-order chi connectivity index (χ1) is 28.7. The van der Waals surface area contributed by atoms with Gasteiger partial charge in [-0.3, -0.25) is 0 Å². The number of benzene rings is 9. The average molecular weight is 757 g/mol. The van der Waals surface area contributed by atoms with Crippen LogP contribution in [0.1, 0.15) is 23.1 Å². The molecule has 9 aromatic carbocycles. The van der Waals surface area contributed by atoms with E-state index in [1.165, 1.54) is 103 Å². The van der Waals surface area contributed by atoms with Crippen LogP contribution in [0.25, 0.3) is 104 Å². The van der Waals surface area contributed by atoms with Crippen LogP contribution in [-0.4, -0.2) is 4.75 Å². The molecule has 0 N–H and O–H groups in total. The van der Waals surface area contributed by atoms with Gasteiger partial charge in [-0.05, 0) is 153 Å². The maximum atomic E-state index is 6.56. The molecule has 0 saturated carbocycles. The van der Waals surface area contributed by atoms with E-state index in [4.69, 9.17) is 4.42 Å². The molecule has 1 unspecified atom stereocenters. The molecule has 0 bridgehead atoms. The third-order valence-electron chi connectivity index (χ3n) is 13.2. The van der Waals surface area contributed by atoms with Crippen LogP contribution in [0, 0.1) is 0 Å². The number of furan rings is 1. The van der Waals surface area contributed by atoms with E-state index in [9.17, 15) is 0 Å². The molecule has 2 heterocycles. The maximum Gasteiger partial charge on any atom is 0.135 e. The molecule has 2 heteroatoms. The van der Waals surface area contributed by atoms with Crippen molar-refractivity contribution in [2.75, 3.05) is 0 Å². The van der Waals surface area contributed by atoms with Crippen molar-refractivity contribution >= 4 is 105 Å². The van der Waals surface area contributed by atoms with E-state index in [1.54, 1.807) is 0 Å². The quantitative estimate of drug-likeness (QED) is 0.167. The molecule has 0 fully saturated rings. The SMILES string of the molecule is C1=CC2=c3c(c4ccccc4c4ccccc34)=CSC2(Cc2ccc3oc4ccc(-c5cc6c7ccccc7c7c(c6c6ccccc56)CCC=C7)cc4c3c2)C=C1. The Labute approximate surface area is 339 Å². The minimum atomic E-state index is -0.229. The smallest absolute Gasteiger partial charge is 0.135 e. The van der Waals surface area contributed by atoms with Gasteiger partial charge in [-0.25, -0.2) is 0 Å². The van der Waals surface area contributed by atoms with Crippen molar-refractivity contribution in [1.29, 1.82) is 0 Å². The van der Waals surface area contributed by atoms with Crippen LogP contribution in [-0.2, 0) is 12.8 Å². The zero-order chi connectivity index (χ0) is 38.0. The minimum absolute atomic E-state index is 0.229. The van der Waals surface area contributed by atoms with E-state index in [2.05, 4.69) is 181 Å². The maximum absolute atomic E-state index is 6.56. The molecule has 3 aliphatic rings. The highest BCUT2D eigenvalue weighted by atomic mass is 32.2. The summed E-state index contributed by atoms with van der Waals surface area (Å²) in [4.78, 5) is 0. The Hall–Kier alpha value is -6.61. The minimum Gasteiger partial charge on any atom is -0.456 e. The van der Waals surface area contributed by atoms with Gasteiger partial charge in [-0.2, -0.15) is 0 Å². The van der Waals surface area contributed by atoms with Crippen molar-refractivity contribution < 1.29 is 4.42 Å². The lowest BCUT2D eigenvalue weighted by molar-refractivity contribution is 0.668. The summed E-state index contributed by atoms with van der Waals surface area (Å²) in [5.74, 6) is 0. The van der Waals surface area contributed by atoms with Crippen molar-refractivity contribution in [2.45, 2.75) is 24.0 Å². The highest BCUT2D eigenvalue weighted by Crippen LogP contribution is 2.46. The molecule has 2 aliphatic carbocycles. The van der Waals surface area contributed by atoms with E-state index in [1.807, 2.05) is 11.8 Å². The molecule has 0 saturated heterocycles. The molecular formula is C56H36OS. The summed E-state index contributed by atoms with van der Waals surface area (Å²) < 4.78 is 6.33. The molecule has 1 nitrogen and oxygen atoms in total. The summed E-state index contributed by atoms with van der Waals surface area (Å²) in [7, 11) is 0. The average Bonchev–Trinajstić information content (AvgIpc) is 3.65. The molecule has 1 aromatic heterocycles. The summed E-state index contributed by atoms with van der Waals surface area (Å²) in [6.45, 7) is 0.